The van der Waals surface area contributed by atoms with Crippen LogP contribution in [0.5, 0.6) is 0 Å². The highest BCUT2D eigenvalue weighted by atomic mass is 16.4. The van der Waals surface area contributed by atoms with Gasteiger partial charge >= 0.3 is 6.09 Å². The summed E-state index contributed by atoms with van der Waals surface area (Å²) in [6.45, 7) is 3.75. The summed E-state index contributed by atoms with van der Waals surface area (Å²) in [6, 6.07) is 16.5. The van der Waals surface area contributed by atoms with E-state index in [1.165, 1.54) is 0 Å². The average Bonchev–Trinajstić information content (AvgIpc) is 3.15. The van der Waals surface area contributed by atoms with Crippen molar-refractivity contribution in [3.05, 3.63) is 71.8 Å². The molecular weight excluding hydrogens is 488 g/mol. The smallest absolute Gasteiger partial charge is 0.404 e. The van der Waals surface area contributed by atoms with Crippen LogP contribution in [0, 0.1) is 5.41 Å². The van der Waals surface area contributed by atoms with E-state index in [4.69, 9.17) is 0 Å². The Bertz CT molecular complexity index is 1070. The summed E-state index contributed by atoms with van der Waals surface area (Å²) in [4.78, 5) is 36.3. The number of hydrogen-bond acceptors (Lipinski definition) is 6. The molecule has 38 heavy (non-hydrogen) atoms. The molecule has 1 fully saturated rings. The lowest BCUT2D eigenvalue weighted by Crippen LogP contribution is -2.56. The Balaban J connectivity index is 1.62. The minimum Gasteiger partial charge on any atom is -0.465 e. The topological polar surface area (TPSA) is 160 Å². The van der Waals surface area contributed by atoms with Gasteiger partial charge in [-0.25, -0.2) is 4.79 Å². The number of nitrogens with one attached hydrogen (secondary N) is 4. The summed E-state index contributed by atoms with van der Waals surface area (Å²) >= 11 is 0. The van der Waals surface area contributed by atoms with E-state index in [-0.39, 0.29) is 31.3 Å². The minimum atomic E-state index is -1.24. The van der Waals surface area contributed by atoms with Crippen LogP contribution in [0.25, 0.3) is 0 Å². The van der Waals surface area contributed by atoms with Crippen LogP contribution in [0.15, 0.2) is 60.7 Å². The Kier molecular flexibility index (Phi) is 10.2. The Morgan fingerprint density at radius 3 is 1.79 bits per heavy atom. The van der Waals surface area contributed by atoms with E-state index in [1.54, 1.807) is 0 Å². The van der Waals surface area contributed by atoms with E-state index in [9.17, 15) is 29.7 Å². The Labute approximate surface area is 222 Å². The molecule has 10 nitrogen and oxygen atoms in total. The van der Waals surface area contributed by atoms with E-state index < -0.39 is 41.8 Å². The second-order valence-electron chi connectivity index (χ2n) is 10.5. The molecule has 206 valence electrons. The maximum atomic E-state index is 13.1. The molecule has 2 unspecified atom stereocenters. The zero-order valence-electron chi connectivity index (χ0n) is 21.8. The maximum Gasteiger partial charge on any atom is 0.404 e. The fraction of sp³-hybridized carbons (Fsp3) is 0.464. The Morgan fingerprint density at radius 1 is 0.895 bits per heavy atom. The van der Waals surface area contributed by atoms with Crippen molar-refractivity contribution in [2.45, 2.75) is 63.4 Å². The van der Waals surface area contributed by atoms with Crippen LogP contribution in [0.1, 0.15) is 31.4 Å². The molecule has 3 amide bonds. The van der Waals surface area contributed by atoms with E-state index in [2.05, 4.69) is 21.3 Å². The molecule has 0 aliphatic carbocycles. The first-order chi connectivity index (χ1) is 18.0. The second-order valence-corrected chi connectivity index (χ2v) is 10.5. The lowest BCUT2D eigenvalue weighted by atomic mass is 9.84. The van der Waals surface area contributed by atoms with Crippen LogP contribution in [0.3, 0.4) is 0 Å². The molecule has 0 spiro atoms. The van der Waals surface area contributed by atoms with Gasteiger partial charge < -0.3 is 36.6 Å². The van der Waals surface area contributed by atoms with Crippen molar-refractivity contribution < 1.29 is 29.7 Å². The van der Waals surface area contributed by atoms with Crippen molar-refractivity contribution in [1.29, 1.82) is 0 Å². The van der Waals surface area contributed by atoms with Crippen LogP contribution >= 0.6 is 0 Å². The van der Waals surface area contributed by atoms with Crippen LogP contribution < -0.4 is 21.3 Å². The van der Waals surface area contributed by atoms with E-state index in [0.717, 1.165) is 11.1 Å². The fourth-order valence-electron chi connectivity index (χ4n) is 4.73. The monoisotopic (exact) mass is 526 g/mol. The Morgan fingerprint density at radius 2 is 1.37 bits per heavy atom. The van der Waals surface area contributed by atoms with E-state index >= 15 is 0 Å². The summed E-state index contributed by atoms with van der Waals surface area (Å²) in [5.74, 6) is -0.555. The summed E-state index contributed by atoms with van der Waals surface area (Å²) in [5, 5.41) is 41.9. The summed E-state index contributed by atoms with van der Waals surface area (Å²) in [6.07, 6.45) is -2.42. The molecule has 1 aliphatic heterocycles. The number of carbonyl (C=O) groups is 3. The highest BCUT2D eigenvalue weighted by Crippen LogP contribution is 2.30. The second kappa shape index (κ2) is 13.4. The van der Waals surface area contributed by atoms with Crippen LogP contribution in [0.2, 0.25) is 0 Å². The first kappa shape index (κ1) is 29.1. The standard InChI is InChI=1S/C28H38N4O6/c1-28(2)15-24(35)32-25(28)26(36)30-20(13-18-9-5-3-6-10-18)22(33)16-29-17-23(34)21(31-27(37)38)14-19-11-7-4-8-12-19/h3-12,20-23,25,29,31,33-34H,13-17H2,1-2H3,(H,30,36)(H,32,35)(H,37,38)/t20-,21-,22?,23+,25?/m0/s1. The highest BCUT2D eigenvalue weighted by molar-refractivity contribution is 5.92. The molecule has 1 heterocycles. The highest BCUT2D eigenvalue weighted by Gasteiger charge is 2.44. The molecule has 2 aromatic carbocycles. The third-order valence-electron chi connectivity index (χ3n) is 6.83. The molecule has 2 aromatic rings. The van der Waals surface area contributed by atoms with Crippen LogP contribution in [0.4, 0.5) is 4.79 Å². The number of hydrogen-bond donors (Lipinski definition) is 7. The summed E-state index contributed by atoms with van der Waals surface area (Å²) in [5.41, 5.74) is 1.23. The number of carbonyl (C=O) groups excluding carboxylic acids is 2. The van der Waals surface area contributed by atoms with Crippen molar-refractivity contribution in [3.63, 3.8) is 0 Å². The predicted octanol–water partition coefficient (Wildman–Crippen LogP) is 0.819. The maximum absolute atomic E-state index is 13.1. The molecule has 0 saturated carbocycles. The van der Waals surface area contributed by atoms with Crippen molar-refractivity contribution in [3.8, 4) is 0 Å². The molecule has 3 rings (SSSR count). The number of aliphatic hydroxyl groups excluding tert-OH is 2. The molecule has 1 aliphatic rings. The third kappa shape index (κ3) is 8.54. The van der Waals surface area contributed by atoms with Gasteiger partial charge in [0.05, 0.1) is 24.3 Å². The third-order valence-corrected chi connectivity index (χ3v) is 6.83. The van der Waals surface area contributed by atoms with Gasteiger partial charge in [0.15, 0.2) is 0 Å². The number of amides is 3. The van der Waals surface area contributed by atoms with Gasteiger partial charge in [0, 0.05) is 24.9 Å². The van der Waals surface area contributed by atoms with Crippen LogP contribution in [-0.4, -0.2) is 76.7 Å². The number of rotatable bonds is 13. The molecule has 0 radical (unpaired) electrons. The van der Waals surface area contributed by atoms with Crippen molar-refractivity contribution in [1.82, 2.24) is 21.3 Å². The zero-order valence-corrected chi connectivity index (χ0v) is 21.8. The summed E-state index contributed by atoms with van der Waals surface area (Å²) < 4.78 is 0. The van der Waals surface area contributed by atoms with Gasteiger partial charge in [0.25, 0.3) is 0 Å². The first-order valence-electron chi connectivity index (χ1n) is 12.8. The molecule has 5 atom stereocenters. The number of carboxylic acid groups (broad SMARTS) is 1. The lowest BCUT2D eigenvalue weighted by molar-refractivity contribution is -0.127. The molecular formula is C28H38N4O6. The van der Waals surface area contributed by atoms with Gasteiger partial charge in [0.2, 0.25) is 11.8 Å². The minimum absolute atomic E-state index is 0.0204. The van der Waals surface area contributed by atoms with Crippen molar-refractivity contribution in [2.75, 3.05) is 13.1 Å². The quantitative estimate of drug-likeness (QED) is 0.203. The van der Waals surface area contributed by atoms with Gasteiger partial charge in [-0.05, 0) is 24.0 Å². The van der Waals surface area contributed by atoms with Gasteiger partial charge in [-0.1, -0.05) is 74.5 Å². The molecule has 7 N–H and O–H groups in total. The number of benzene rings is 2. The van der Waals surface area contributed by atoms with E-state index in [1.807, 2.05) is 74.5 Å². The van der Waals surface area contributed by atoms with Gasteiger partial charge in [-0.3, -0.25) is 9.59 Å². The van der Waals surface area contributed by atoms with Crippen molar-refractivity contribution >= 4 is 17.9 Å². The first-order valence-corrected chi connectivity index (χ1v) is 12.8. The van der Waals surface area contributed by atoms with Crippen LogP contribution in [-0.2, 0) is 22.4 Å². The summed E-state index contributed by atoms with van der Waals surface area (Å²) in [7, 11) is 0. The molecule has 0 bridgehead atoms. The van der Waals surface area contributed by atoms with Gasteiger partial charge in [0.1, 0.15) is 6.04 Å². The molecule has 10 heteroatoms. The molecule has 1 saturated heterocycles. The molecule has 0 aromatic heterocycles. The largest absolute Gasteiger partial charge is 0.465 e. The predicted molar refractivity (Wildman–Crippen MR) is 142 cm³/mol. The van der Waals surface area contributed by atoms with Gasteiger partial charge in [-0.15, -0.1) is 0 Å². The normalized spacial score (nSPS) is 19.6. The SMILES string of the molecule is CC1(C)CC(=O)NC1C(=O)N[C@@H](Cc1ccccc1)C(O)CNC[C@@H](O)[C@H](Cc1ccccc1)NC(=O)O. The lowest BCUT2D eigenvalue weighted by Gasteiger charge is -2.30. The van der Waals surface area contributed by atoms with E-state index in [0.29, 0.717) is 12.8 Å². The zero-order chi connectivity index (χ0) is 27.7. The van der Waals surface area contributed by atoms with Gasteiger partial charge in [-0.2, -0.15) is 0 Å². The number of aliphatic hydroxyl groups is 2. The fourth-order valence-corrected chi connectivity index (χ4v) is 4.73. The Hall–Kier alpha value is -3.47. The average molecular weight is 527 g/mol. The van der Waals surface area contributed by atoms with Crippen molar-refractivity contribution in [2.24, 2.45) is 5.41 Å².